The molecule has 0 saturated heterocycles. The van der Waals surface area contributed by atoms with Crippen LogP contribution in [0.5, 0.6) is 0 Å². The Balaban J connectivity index is 0.000000211. The monoisotopic (exact) mass is 1030 g/mol. The number of thiophene rings is 2. The van der Waals surface area contributed by atoms with Gasteiger partial charge in [0.1, 0.15) is 45.5 Å². The first-order valence-electron chi connectivity index (χ1n) is 22.6. The molecule has 0 amide bonds. The van der Waals surface area contributed by atoms with Crippen LogP contribution in [0.4, 0.5) is 0 Å². The van der Waals surface area contributed by atoms with Crippen LogP contribution in [0.15, 0.2) is 114 Å². The van der Waals surface area contributed by atoms with E-state index in [1.807, 2.05) is 60.7 Å². The number of hydrogen-bond acceptors (Lipinski definition) is 16. The maximum atomic E-state index is 13.8. The molecule has 4 atom stereocenters. The van der Waals surface area contributed by atoms with Gasteiger partial charge in [0, 0.05) is 0 Å². The number of aliphatic hydroxyl groups excluding tert-OH is 2. The van der Waals surface area contributed by atoms with Gasteiger partial charge in [-0.15, -0.1) is 22.7 Å². The van der Waals surface area contributed by atoms with Gasteiger partial charge in [-0.05, 0) is 77.6 Å². The Morgan fingerprint density at radius 2 is 0.972 bits per heavy atom. The summed E-state index contributed by atoms with van der Waals surface area (Å²) in [5, 5.41) is 39.8. The molecule has 380 valence electrons. The zero-order chi connectivity index (χ0) is 52.4. The van der Waals surface area contributed by atoms with Crippen molar-refractivity contribution in [2.24, 2.45) is 0 Å². The predicted octanol–water partition coefficient (Wildman–Crippen LogP) is 6.29. The van der Waals surface area contributed by atoms with E-state index in [0.29, 0.717) is 42.3 Å². The van der Waals surface area contributed by atoms with E-state index in [1.54, 1.807) is 27.7 Å². The summed E-state index contributed by atoms with van der Waals surface area (Å²) in [6.07, 6.45) is 2.98. The molecule has 2 aromatic carbocycles. The zero-order valence-electron chi connectivity index (χ0n) is 40.6. The van der Waals surface area contributed by atoms with Crippen molar-refractivity contribution in [1.82, 2.24) is 28.2 Å². The normalized spacial score (nSPS) is 13.7. The van der Waals surface area contributed by atoms with E-state index in [4.69, 9.17) is 18.3 Å². The second-order valence-electron chi connectivity index (χ2n) is 18.1. The summed E-state index contributed by atoms with van der Waals surface area (Å²) in [5.41, 5.74) is -4.00. The first-order chi connectivity index (χ1) is 34.1. The number of carboxylic acid groups (broad SMARTS) is 2. The van der Waals surface area contributed by atoms with Crippen LogP contribution in [0.2, 0.25) is 0 Å². The van der Waals surface area contributed by atoms with Gasteiger partial charge in [-0.2, -0.15) is 0 Å². The zero-order valence-corrected chi connectivity index (χ0v) is 42.2. The third kappa shape index (κ3) is 10.3. The van der Waals surface area contributed by atoms with Gasteiger partial charge in [0.25, 0.3) is 11.1 Å². The van der Waals surface area contributed by atoms with E-state index in [2.05, 4.69) is 9.97 Å². The van der Waals surface area contributed by atoms with Gasteiger partial charge in [-0.3, -0.25) is 18.7 Å². The van der Waals surface area contributed by atoms with Gasteiger partial charge in [0.15, 0.2) is 0 Å². The number of aliphatic hydroxyl groups is 2. The van der Waals surface area contributed by atoms with Crippen molar-refractivity contribution >= 4 is 55.0 Å². The van der Waals surface area contributed by atoms with E-state index in [0.717, 1.165) is 20.3 Å². The SMILES string of the molecule is Cc1c(-c2ncco2)sc2c1c(=O)n(C(C)(C)C(=O)O)c(=O)n2C[C@H](OC[C@@H](C)O)c1ccccc1.Cc1c(-c2ncco2)sc2c1c(=O)n(C(C)(C)C(=O)O)c(=O)n2C[C@H](OC[C@H](C)O)c1ccccc1. The molecule has 0 spiro atoms. The molecule has 22 heteroatoms. The van der Waals surface area contributed by atoms with Crippen LogP contribution < -0.4 is 22.5 Å². The van der Waals surface area contributed by atoms with E-state index >= 15 is 0 Å². The molecule has 0 aliphatic carbocycles. The molecule has 0 saturated carbocycles. The molecule has 0 bridgehead atoms. The number of hydrogen-bond donors (Lipinski definition) is 4. The molecular weight excluding hydrogens is 973 g/mol. The molecule has 0 aliphatic heterocycles. The van der Waals surface area contributed by atoms with Crippen LogP contribution in [0, 0.1) is 13.8 Å². The lowest BCUT2D eigenvalue weighted by Crippen LogP contribution is -2.52. The number of aromatic nitrogens is 6. The van der Waals surface area contributed by atoms with E-state index in [1.165, 1.54) is 84.4 Å². The number of rotatable bonds is 18. The molecular formula is C50H54N6O14S2. The van der Waals surface area contributed by atoms with Crippen LogP contribution in [0.1, 0.15) is 76.0 Å². The lowest BCUT2D eigenvalue weighted by atomic mass is 10.1. The van der Waals surface area contributed by atoms with Gasteiger partial charge in [-0.1, -0.05) is 60.7 Å². The van der Waals surface area contributed by atoms with Crippen molar-refractivity contribution < 1.29 is 48.3 Å². The van der Waals surface area contributed by atoms with Crippen molar-refractivity contribution in [2.45, 2.75) is 104 Å². The fourth-order valence-corrected chi connectivity index (χ4v) is 10.4. The average molecular weight is 1030 g/mol. The van der Waals surface area contributed by atoms with Crippen LogP contribution in [-0.2, 0) is 43.2 Å². The molecule has 8 aromatic rings. The van der Waals surface area contributed by atoms with Crippen molar-refractivity contribution in [3.05, 3.63) is 150 Å². The second-order valence-corrected chi connectivity index (χ2v) is 20.1. The van der Waals surface area contributed by atoms with E-state index in [9.17, 15) is 49.2 Å². The highest BCUT2D eigenvalue weighted by Gasteiger charge is 2.38. The molecule has 8 rings (SSSR count). The summed E-state index contributed by atoms with van der Waals surface area (Å²) in [7, 11) is 0. The highest BCUT2D eigenvalue weighted by Crippen LogP contribution is 2.38. The van der Waals surface area contributed by atoms with Gasteiger partial charge < -0.3 is 38.7 Å². The van der Waals surface area contributed by atoms with E-state index < -0.39 is 69.9 Å². The van der Waals surface area contributed by atoms with Crippen molar-refractivity contribution in [1.29, 1.82) is 0 Å². The number of carbonyl (C=O) groups is 2. The molecule has 6 heterocycles. The van der Waals surface area contributed by atoms with Gasteiger partial charge >= 0.3 is 23.3 Å². The number of nitrogens with zero attached hydrogens (tertiary/aromatic N) is 6. The Bertz CT molecular complexity index is 3230. The van der Waals surface area contributed by atoms with Gasteiger partial charge in [-0.25, -0.2) is 38.3 Å². The van der Waals surface area contributed by atoms with Crippen LogP contribution in [-0.4, -0.2) is 86.0 Å². The number of fused-ring (bicyclic) bond motifs is 2. The smallest absolute Gasteiger partial charge is 0.333 e. The Morgan fingerprint density at radius 3 is 1.26 bits per heavy atom. The number of ether oxygens (including phenoxy) is 2. The Labute approximate surface area is 418 Å². The van der Waals surface area contributed by atoms with Crippen molar-refractivity contribution in [3.63, 3.8) is 0 Å². The van der Waals surface area contributed by atoms with Crippen LogP contribution >= 0.6 is 22.7 Å². The van der Waals surface area contributed by atoms with Crippen LogP contribution in [0.3, 0.4) is 0 Å². The Morgan fingerprint density at radius 1 is 0.625 bits per heavy atom. The van der Waals surface area contributed by atoms with Gasteiger partial charge in [0.05, 0.1) is 71.4 Å². The largest absolute Gasteiger partial charge is 0.480 e. The quantitative estimate of drug-likeness (QED) is 0.0735. The molecule has 0 unspecified atom stereocenters. The highest BCUT2D eigenvalue weighted by atomic mass is 32.1. The third-order valence-electron chi connectivity index (χ3n) is 12.0. The topological polar surface area (TPSA) is 274 Å². The number of aryl methyl sites for hydroxylation is 2. The summed E-state index contributed by atoms with van der Waals surface area (Å²) in [6, 6.07) is 18.4. The van der Waals surface area contributed by atoms with Gasteiger partial charge in [0.2, 0.25) is 11.8 Å². The van der Waals surface area contributed by atoms with Crippen molar-refractivity contribution in [2.75, 3.05) is 13.2 Å². The summed E-state index contributed by atoms with van der Waals surface area (Å²) < 4.78 is 27.1. The number of aliphatic carboxylic acids is 2. The molecule has 4 N–H and O–H groups in total. The molecule has 20 nitrogen and oxygen atoms in total. The minimum absolute atomic E-state index is 0.0166. The predicted molar refractivity (Wildman–Crippen MR) is 269 cm³/mol. The Kier molecular flexibility index (Phi) is 15.6. The Hall–Kier alpha value is -7.08. The average Bonchev–Trinajstić information content (AvgIpc) is 4.17. The standard InChI is InChI=1S/2C25H27N3O7S/c2*1-14(29)13-35-17(16-8-6-5-7-9-16)12-27-22-18(15(2)19(36-22)20-26-10-11-34-20)21(30)28(24(27)33)25(3,4)23(31)32/h2*5-11,14,17,29H,12-13H2,1-4H3,(H,31,32)/t14-,17+;14-,17-/m10/s1. The second kappa shape index (κ2) is 21.3. The molecule has 72 heavy (non-hydrogen) atoms. The lowest BCUT2D eigenvalue weighted by Gasteiger charge is -2.25. The minimum Gasteiger partial charge on any atom is -0.480 e. The molecule has 0 aliphatic rings. The first-order valence-corrected chi connectivity index (χ1v) is 24.3. The summed E-state index contributed by atoms with van der Waals surface area (Å²) in [6.45, 7) is 11.8. The maximum absolute atomic E-state index is 13.8. The lowest BCUT2D eigenvalue weighted by molar-refractivity contribution is -0.146. The number of oxazole rings is 2. The third-order valence-corrected chi connectivity index (χ3v) is 14.6. The first kappa shape index (κ1) is 52.7. The van der Waals surface area contributed by atoms with E-state index in [-0.39, 0.29) is 37.1 Å². The summed E-state index contributed by atoms with van der Waals surface area (Å²) >= 11 is 2.33. The molecule has 0 fully saturated rings. The molecule has 0 radical (unpaired) electrons. The molecule has 6 aromatic heterocycles. The van der Waals surface area contributed by atoms with Crippen LogP contribution in [0.25, 0.3) is 42.0 Å². The number of carboxylic acids is 2. The van der Waals surface area contributed by atoms with Crippen molar-refractivity contribution in [3.8, 4) is 21.5 Å². The number of benzene rings is 2. The summed E-state index contributed by atoms with van der Waals surface area (Å²) in [5.74, 6) is -2.06. The maximum Gasteiger partial charge on any atom is 0.333 e. The summed E-state index contributed by atoms with van der Waals surface area (Å²) in [4.78, 5) is 89.2. The minimum atomic E-state index is -1.82. The highest BCUT2D eigenvalue weighted by molar-refractivity contribution is 7.22. The fourth-order valence-electron chi connectivity index (χ4n) is 7.96. The fraction of sp³-hybridized carbons (Fsp3) is 0.360.